The summed E-state index contributed by atoms with van der Waals surface area (Å²) in [6.07, 6.45) is 1.76. The summed E-state index contributed by atoms with van der Waals surface area (Å²) in [5.74, 6) is 0. The maximum absolute atomic E-state index is 8.84. The van der Waals surface area contributed by atoms with E-state index >= 15 is 0 Å². The smallest absolute Gasteiger partial charge is 0.0496 e. The molecule has 2 nitrogen and oxygen atoms in total. The molecule has 0 bridgehead atoms. The highest BCUT2D eigenvalue weighted by atomic mass is 32.1. The van der Waals surface area contributed by atoms with Crippen molar-refractivity contribution in [2.24, 2.45) is 0 Å². The fraction of sp³-hybridized carbons (Fsp3) is 0.333. The summed E-state index contributed by atoms with van der Waals surface area (Å²) in [5.41, 5.74) is 3.78. The van der Waals surface area contributed by atoms with E-state index in [1.165, 1.54) is 16.0 Å². The zero-order chi connectivity index (χ0) is 12.8. The van der Waals surface area contributed by atoms with Crippen LogP contribution in [0.15, 0.2) is 35.7 Å². The predicted molar refractivity (Wildman–Crippen MR) is 78.2 cm³/mol. The van der Waals surface area contributed by atoms with Crippen molar-refractivity contribution in [1.82, 2.24) is 0 Å². The Bertz CT molecular complexity index is 493. The van der Waals surface area contributed by atoms with Crippen molar-refractivity contribution in [1.29, 1.82) is 0 Å². The van der Waals surface area contributed by atoms with Gasteiger partial charge in [-0.15, -0.1) is 11.3 Å². The van der Waals surface area contributed by atoms with Crippen molar-refractivity contribution < 1.29 is 5.11 Å². The number of aryl methyl sites for hydroxylation is 2. The molecule has 0 fully saturated rings. The van der Waals surface area contributed by atoms with Crippen LogP contribution in [0.5, 0.6) is 0 Å². The third-order valence-electron chi connectivity index (χ3n) is 2.97. The largest absolute Gasteiger partial charge is 0.396 e. The average Bonchev–Trinajstić information content (AvgIpc) is 2.80. The Balaban J connectivity index is 1.95. The molecule has 3 heteroatoms. The lowest BCUT2D eigenvalue weighted by atomic mass is 10.1. The molecule has 0 aliphatic rings. The SMILES string of the molecule is Cc1ccsc1CNc1cccc(CCCO)c1. The zero-order valence-corrected chi connectivity index (χ0v) is 11.5. The molecule has 0 spiro atoms. The molecule has 0 saturated carbocycles. The fourth-order valence-corrected chi connectivity index (χ4v) is 2.73. The van der Waals surface area contributed by atoms with E-state index in [2.05, 4.69) is 48.0 Å². The highest BCUT2D eigenvalue weighted by Gasteiger charge is 2.00. The van der Waals surface area contributed by atoms with Gasteiger partial charge >= 0.3 is 0 Å². The zero-order valence-electron chi connectivity index (χ0n) is 10.6. The molecule has 1 aromatic carbocycles. The third-order valence-corrected chi connectivity index (χ3v) is 3.99. The van der Waals surface area contributed by atoms with Gasteiger partial charge in [0.2, 0.25) is 0 Å². The van der Waals surface area contributed by atoms with Crippen molar-refractivity contribution >= 4 is 17.0 Å². The summed E-state index contributed by atoms with van der Waals surface area (Å²) < 4.78 is 0. The molecule has 2 N–H and O–H groups in total. The van der Waals surface area contributed by atoms with Crippen LogP contribution >= 0.6 is 11.3 Å². The highest BCUT2D eigenvalue weighted by molar-refractivity contribution is 7.10. The second kappa shape index (κ2) is 6.57. The second-order valence-electron chi connectivity index (χ2n) is 4.41. The van der Waals surface area contributed by atoms with Crippen LogP contribution in [0, 0.1) is 6.92 Å². The van der Waals surface area contributed by atoms with Gasteiger partial charge in [0.15, 0.2) is 0 Å². The lowest BCUT2D eigenvalue weighted by Gasteiger charge is -2.08. The number of aliphatic hydroxyl groups excluding tert-OH is 1. The molecule has 0 radical (unpaired) electrons. The normalized spacial score (nSPS) is 10.6. The van der Waals surface area contributed by atoms with Crippen LogP contribution in [0.2, 0.25) is 0 Å². The number of benzene rings is 1. The number of hydrogen-bond donors (Lipinski definition) is 2. The van der Waals surface area contributed by atoms with Crippen LogP contribution in [0.1, 0.15) is 22.4 Å². The Morgan fingerprint density at radius 1 is 1.28 bits per heavy atom. The van der Waals surface area contributed by atoms with Gasteiger partial charge in [-0.2, -0.15) is 0 Å². The molecule has 2 aromatic rings. The molecular weight excluding hydrogens is 242 g/mol. The summed E-state index contributed by atoms with van der Waals surface area (Å²) >= 11 is 1.79. The van der Waals surface area contributed by atoms with Crippen LogP contribution in [0.4, 0.5) is 5.69 Å². The molecule has 0 amide bonds. The summed E-state index contributed by atoms with van der Waals surface area (Å²) in [7, 11) is 0. The Morgan fingerprint density at radius 2 is 2.17 bits per heavy atom. The molecule has 0 unspecified atom stereocenters. The second-order valence-corrected chi connectivity index (χ2v) is 5.41. The molecule has 1 heterocycles. The molecule has 2 rings (SSSR count). The van der Waals surface area contributed by atoms with Gasteiger partial charge in [-0.1, -0.05) is 12.1 Å². The first kappa shape index (κ1) is 13.1. The maximum atomic E-state index is 8.84. The van der Waals surface area contributed by atoms with Gasteiger partial charge in [-0.3, -0.25) is 0 Å². The molecule has 18 heavy (non-hydrogen) atoms. The van der Waals surface area contributed by atoms with Crippen molar-refractivity contribution in [2.75, 3.05) is 11.9 Å². The lowest BCUT2D eigenvalue weighted by Crippen LogP contribution is -1.99. The van der Waals surface area contributed by atoms with E-state index in [4.69, 9.17) is 5.11 Å². The number of aliphatic hydroxyl groups is 1. The monoisotopic (exact) mass is 261 g/mol. The molecular formula is C15H19NOS. The molecule has 0 saturated heterocycles. The van der Waals surface area contributed by atoms with Crippen molar-refractivity contribution in [3.8, 4) is 0 Å². The summed E-state index contributed by atoms with van der Waals surface area (Å²) in [5, 5.41) is 14.4. The van der Waals surface area contributed by atoms with E-state index in [0.717, 1.165) is 25.1 Å². The van der Waals surface area contributed by atoms with E-state index in [1.54, 1.807) is 11.3 Å². The number of anilines is 1. The number of rotatable bonds is 6. The quantitative estimate of drug-likeness (QED) is 0.833. The summed E-state index contributed by atoms with van der Waals surface area (Å²) in [4.78, 5) is 1.38. The Kier molecular flexibility index (Phi) is 4.79. The summed E-state index contributed by atoms with van der Waals surface area (Å²) in [6.45, 7) is 3.28. The minimum absolute atomic E-state index is 0.256. The van der Waals surface area contributed by atoms with Gasteiger partial charge in [0.05, 0.1) is 0 Å². The van der Waals surface area contributed by atoms with Crippen molar-refractivity contribution in [3.63, 3.8) is 0 Å². The average molecular weight is 261 g/mol. The first-order chi connectivity index (χ1) is 8.79. The third kappa shape index (κ3) is 3.59. The lowest BCUT2D eigenvalue weighted by molar-refractivity contribution is 0.288. The van der Waals surface area contributed by atoms with Crippen molar-refractivity contribution in [3.05, 3.63) is 51.7 Å². The maximum Gasteiger partial charge on any atom is 0.0496 e. The summed E-state index contributed by atoms with van der Waals surface area (Å²) in [6, 6.07) is 10.6. The van der Waals surface area contributed by atoms with Crippen LogP contribution < -0.4 is 5.32 Å². The molecule has 0 aliphatic carbocycles. The number of nitrogens with one attached hydrogen (secondary N) is 1. The minimum Gasteiger partial charge on any atom is -0.396 e. The van der Waals surface area contributed by atoms with E-state index in [-0.39, 0.29) is 6.61 Å². The van der Waals surface area contributed by atoms with E-state index < -0.39 is 0 Å². The first-order valence-electron chi connectivity index (χ1n) is 6.26. The highest BCUT2D eigenvalue weighted by Crippen LogP contribution is 2.18. The minimum atomic E-state index is 0.256. The molecule has 96 valence electrons. The van der Waals surface area contributed by atoms with Crippen LogP contribution in [-0.4, -0.2) is 11.7 Å². The number of hydrogen-bond acceptors (Lipinski definition) is 3. The van der Waals surface area contributed by atoms with E-state index in [0.29, 0.717) is 0 Å². The molecule has 1 aromatic heterocycles. The van der Waals surface area contributed by atoms with Crippen molar-refractivity contribution in [2.45, 2.75) is 26.3 Å². The Labute approximate surface area is 112 Å². The molecule has 0 atom stereocenters. The van der Waals surface area contributed by atoms with Gasteiger partial charge in [-0.05, 0) is 54.5 Å². The van der Waals surface area contributed by atoms with Crippen LogP contribution in [0.3, 0.4) is 0 Å². The molecule has 0 aliphatic heterocycles. The van der Waals surface area contributed by atoms with Crippen LogP contribution in [-0.2, 0) is 13.0 Å². The van der Waals surface area contributed by atoms with E-state index in [1.807, 2.05) is 0 Å². The van der Waals surface area contributed by atoms with Gasteiger partial charge < -0.3 is 10.4 Å². The Morgan fingerprint density at radius 3 is 2.89 bits per heavy atom. The standard InChI is InChI=1S/C15H19NOS/c1-12-7-9-18-15(12)11-16-14-6-2-4-13(10-14)5-3-8-17/h2,4,6-7,9-10,16-17H,3,5,8,11H2,1H3. The predicted octanol–water partition coefficient (Wildman–Crippen LogP) is 3.59. The Hall–Kier alpha value is -1.32. The van der Waals surface area contributed by atoms with Gasteiger partial charge in [0.1, 0.15) is 0 Å². The van der Waals surface area contributed by atoms with Gasteiger partial charge in [0.25, 0.3) is 0 Å². The topological polar surface area (TPSA) is 32.3 Å². The first-order valence-corrected chi connectivity index (χ1v) is 7.14. The number of thiophene rings is 1. The van der Waals surface area contributed by atoms with Gasteiger partial charge in [0, 0.05) is 23.7 Å². The van der Waals surface area contributed by atoms with Gasteiger partial charge in [-0.25, -0.2) is 0 Å². The van der Waals surface area contributed by atoms with Crippen LogP contribution in [0.25, 0.3) is 0 Å². The van der Waals surface area contributed by atoms with E-state index in [9.17, 15) is 0 Å². The fourth-order valence-electron chi connectivity index (χ4n) is 1.89.